The van der Waals surface area contributed by atoms with E-state index < -0.39 is 54.6 Å². The van der Waals surface area contributed by atoms with Crippen LogP contribution < -0.4 is 0 Å². The maximum Gasteiger partial charge on any atom is 0.306 e. The average Bonchev–Trinajstić information content (AvgIpc) is 2.91. The molecule has 0 amide bonds. The Morgan fingerprint density at radius 3 is 1.76 bits per heavy atom. The maximum atomic E-state index is 12.8. The van der Waals surface area contributed by atoms with E-state index in [1.165, 1.54) is 0 Å². The fourth-order valence-electron chi connectivity index (χ4n) is 4.41. The smallest absolute Gasteiger partial charge is 0.306 e. The molecule has 1 heterocycles. The molecule has 42 heavy (non-hydrogen) atoms. The zero-order valence-electron chi connectivity index (χ0n) is 26.4. The summed E-state index contributed by atoms with van der Waals surface area (Å²) >= 11 is 0. The number of esters is 4. The predicted octanol–water partition coefficient (Wildman–Crippen LogP) is 3.70. The lowest BCUT2D eigenvalue weighted by molar-refractivity contribution is -0.883. The zero-order valence-corrected chi connectivity index (χ0v) is 26.4. The molecule has 11 nitrogen and oxygen atoms in total. The van der Waals surface area contributed by atoms with Gasteiger partial charge in [-0.2, -0.15) is 0 Å². The molecule has 1 saturated heterocycles. The number of hydrogen-bond donors (Lipinski definition) is 0. The van der Waals surface area contributed by atoms with Gasteiger partial charge < -0.3 is 32.9 Å². The largest absolute Gasteiger partial charge is 0.463 e. The highest BCUT2D eigenvalue weighted by Gasteiger charge is 2.53. The first-order valence-electron chi connectivity index (χ1n) is 15.3. The quantitative estimate of drug-likeness (QED) is 0.0674. The van der Waals surface area contributed by atoms with Crippen molar-refractivity contribution in [2.45, 2.75) is 123 Å². The third-order valence-corrected chi connectivity index (χ3v) is 6.58. The molecule has 0 radical (unpaired) electrons. The van der Waals surface area contributed by atoms with Crippen LogP contribution in [0.2, 0.25) is 0 Å². The van der Waals surface area contributed by atoms with Crippen molar-refractivity contribution in [1.29, 1.82) is 0 Å². The number of hydrogen-bond acceptors (Lipinski definition) is 10. The highest BCUT2D eigenvalue weighted by atomic mass is 16.7. The molecule has 0 N–H and O–H groups in total. The molecule has 0 saturated carbocycles. The summed E-state index contributed by atoms with van der Waals surface area (Å²) in [6, 6.07) is 0. The van der Waals surface area contributed by atoms with Crippen LogP contribution in [0.3, 0.4) is 0 Å². The van der Waals surface area contributed by atoms with E-state index in [0.29, 0.717) is 43.1 Å². The van der Waals surface area contributed by atoms with Gasteiger partial charge in [-0.3, -0.25) is 19.2 Å². The Balaban J connectivity index is 3.32. The average molecular weight is 599 g/mol. The Morgan fingerprint density at radius 2 is 1.24 bits per heavy atom. The first-order valence-corrected chi connectivity index (χ1v) is 15.3. The first kappa shape index (κ1) is 37.3. The molecule has 0 aromatic rings. The highest BCUT2D eigenvalue weighted by Crippen LogP contribution is 2.31. The number of carbonyl (C=O) groups is 4. The summed E-state index contributed by atoms with van der Waals surface area (Å²) in [5.41, 5.74) is 0. The minimum Gasteiger partial charge on any atom is -0.463 e. The molecular weight excluding hydrogens is 546 g/mol. The second-order valence-electron chi connectivity index (χ2n) is 11.2. The van der Waals surface area contributed by atoms with Gasteiger partial charge in [-0.1, -0.05) is 27.7 Å². The van der Waals surface area contributed by atoms with E-state index in [4.69, 9.17) is 34.8 Å². The molecule has 0 aromatic carbocycles. The summed E-state index contributed by atoms with van der Waals surface area (Å²) in [7, 11) is 4.10. The molecule has 0 aliphatic carbocycles. The van der Waals surface area contributed by atoms with Crippen molar-refractivity contribution in [3.05, 3.63) is 0 Å². The van der Waals surface area contributed by atoms with E-state index in [2.05, 4.69) is 5.92 Å². The SMILES string of the molecule is C#CC[N+](C)(C)CCCCOC1OC(COC(=O)CCC)[C@@H](OC(=O)CCC)[C@H](OC(=O)CCC)[C@H]1OC(=O)CCC. The van der Waals surface area contributed by atoms with E-state index >= 15 is 0 Å². The number of terminal acetylenes is 1. The van der Waals surface area contributed by atoms with Gasteiger partial charge in [-0.15, -0.1) is 6.42 Å². The van der Waals surface area contributed by atoms with E-state index in [9.17, 15) is 19.2 Å². The van der Waals surface area contributed by atoms with Crippen LogP contribution in [0, 0.1) is 12.3 Å². The van der Waals surface area contributed by atoms with Crippen LogP contribution in [0.1, 0.15) is 91.9 Å². The second-order valence-corrected chi connectivity index (χ2v) is 11.2. The van der Waals surface area contributed by atoms with Crippen molar-refractivity contribution in [3.63, 3.8) is 0 Å². The van der Waals surface area contributed by atoms with Gasteiger partial charge in [0.15, 0.2) is 24.6 Å². The van der Waals surface area contributed by atoms with Gasteiger partial charge >= 0.3 is 23.9 Å². The Bertz CT molecular complexity index is 883. The Morgan fingerprint density at radius 1 is 0.738 bits per heavy atom. The van der Waals surface area contributed by atoms with E-state index in [1.807, 2.05) is 41.8 Å². The molecule has 2 unspecified atom stereocenters. The standard InChI is InChI=1S/C31H52NO10/c1-8-15-24(33)38-22-23-28(40-25(34)16-9-2)29(41-26(35)17-10-3)30(42-27(36)18-11-4)31(39-23)37-21-14-13-20-32(6,7)19-12-5/h5,23,28-31H,8-11,13-22H2,1-4,6-7H3/q+1/t23?,28-,29+,30-,31?/m1/s1. The number of rotatable bonds is 20. The third kappa shape index (κ3) is 14.0. The monoisotopic (exact) mass is 598 g/mol. The van der Waals surface area contributed by atoms with E-state index in [0.717, 1.165) is 13.0 Å². The minimum atomic E-state index is -1.23. The molecule has 240 valence electrons. The number of unbranched alkanes of at least 4 members (excludes halogenated alkanes) is 1. The lowest BCUT2D eigenvalue weighted by Gasteiger charge is -2.44. The van der Waals surface area contributed by atoms with Crippen LogP contribution in [0.15, 0.2) is 0 Å². The van der Waals surface area contributed by atoms with Crippen molar-refractivity contribution in [1.82, 2.24) is 0 Å². The molecule has 0 aromatic heterocycles. The van der Waals surface area contributed by atoms with Gasteiger partial charge in [0.2, 0.25) is 0 Å². The summed E-state index contributed by atoms with van der Waals surface area (Å²) < 4.78 is 35.7. The van der Waals surface area contributed by atoms with Crippen LogP contribution in [0.25, 0.3) is 0 Å². The van der Waals surface area contributed by atoms with Gasteiger partial charge in [-0.25, -0.2) is 0 Å². The number of carbonyl (C=O) groups excluding carboxylic acids is 4. The lowest BCUT2D eigenvalue weighted by atomic mass is 9.97. The molecule has 0 bridgehead atoms. The van der Waals surface area contributed by atoms with Crippen LogP contribution in [-0.2, 0) is 47.6 Å². The Labute approximate surface area is 251 Å². The molecule has 1 aliphatic heterocycles. The van der Waals surface area contributed by atoms with Crippen LogP contribution >= 0.6 is 0 Å². The van der Waals surface area contributed by atoms with Crippen LogP contribution in [0.4, 0.5) is 0 Å². The van der Waals surface area contributed by atoms with Gasteiger partial charge in [0.1, 0.15) is 19.3 Å². The lowest BCUT2D eigenvalue weighted by Crippen LogP contribution is -2.63. The second kappa shape index (κ2) is 20.3. The van der Waals surface area contributed by atoms with Crippen molar-refractivity contribution in [2.75, 3.05) is 40.4 Å². The van der Waals surface area contributed by atoms with Crippen molar-refractivity contribution in [2.24, 2.45) is 0 Å². The van der Waals surface area contributed by atoms with Gasteiger partial charge in [-0.05, 0) is 44.4 Å². The van der Waals surface area contributed by atoms with Crippen molar-refractivity contribution >= 4 is 23.9 Å². The molecule has 1 aliphatic rings. The molecule has 1 rings (SSSR count). The summed E-state index contributed by atoms with van der Waals surface area (Å²) in [5, 5.41) is 0. The fraction of sp³-hybridized carbons (Fsp3) is 0.806. The number of nitrogens with zero attached hydrogens (tertiary/aromatic N) is 1. The summed E-state index contributed by atoms with van der Waals surface area (Å²) in [5.74, 6) is 0.614. The normalized spacial score (nSPS) is 22.1. The first-order chi connectivity index (χ1) is 20.0. The topological polar surface area (TPSA) is 124 Å². The molecule has 11 heteroatoms. The number of quaternary nitrogens is 1. The van der Waals surface area contributed by atoms with Crippen LogP contribution in [-0.4, -0.2) is 99.5 Å². The van der Waals surface area contributed by atoms with Gasteiger partial charge in [0.05, 0.1) is 27.2 Å². The fourth-order valence-corrected chi connectivity index (χ4v) is 4.41. The summed E-state index contributed by atoms with van der Waals surface area (Å²) in [6.07, 6.45) is 3.85. The van der Waals surface area contributed by atoms with Crippen molar-refractivity contribution < 1.29 is 52.1 Å². The zero-order chi connectivity index (χ0) is 31.5. The molecule has 5 atom stereocenters. The highest BCUT2D eigenvalue weighted by molar-refractivity contribution is 5.72. The molecule has 0 spiro atoms. The number of ether oxygens (including phenoxy) is 6. The summed E-state index contributed by atoms with van der Waals surface area (Å²) in [6.45, 7) is 8.75. The predicted molar refractivity (Wildman–Crippen MR) is 155 cm³/mol. The van der Waals surface area contributed by atoms with Gasteiger partial charge in [0, 0.05) is 25.7 Å². The van der Waals surface area contributed by atoms with Gasteiger partial charge in [0.25, 0.3) is 0 Å². The minimum absolute atomic E-state index is 0.107. The third-order valence-electron chi connectivity index (χ3n) is 6.58. The maximum absolute atomic E-state index is 12.8. The van der Waals surface area contributed by atoms with E-state index in [-0.39, 0.29) is 38.9 Å². The van der Waals surface area contributed by atoms with Crippen LogP contribution in [0.5, 0.6) is 0 Å². The summed E-state index contributed by atoms with van der Waals surface area (Å²) in [4.78, 5) is 50.3. The van der Waals surface area contributed by atoms with Crippen molar-refractivity contribution in [3.8, 4) is 12.3 Å². The Kier molecular flexibility index (Phi) is 18.0. The van der Waals surface area contributed by atoms with E-state index in [1.54, 1.807) is 0 Å². The molecule has 1 fully saturated rings. The Hall–Kier alpha value is -2.68. The molecular formula is C31H52NO10+.